The van der Waals surface area contributed by atoms with Crippen molar-refractivity contribution in [2.45, 2.75) is 37.5 Å². The van der Waals surface area contributed by atoms with Crippen LogP contribution < -0.4 is 10.2 Å². The Bertz CT molecular complexity index is 2240. The second-order valence-electron chi connectivity index (χ2n) is 13.4. The Labute approximate surface area is 315 Å². The maximum atomic E-state index is 15.1. The first-order chi connectivity index (χ1) is 25.6. The van der Waals surface area contributed by atoms with E-state index >= 15 is 4.39 Å². The number of aryl methyl sites for hydroxylation is 5. The first-order valence-electron chi connectivity index (χ1n) is 17.5. The number of fused-ring (bicyclic) bond motifs is 7. The normalized spacial score (nSPS) is 17.0. The van der Waals surface area contributed by atoms with Crippen molar-refractivity contribution in [3.8, 4) is 5.75 Å². The summed E-state index contributed by atoms with van der Waals surface area (Å²) in [6.07, 6.45) is 2.07. The monoisotopic (exact) mass is 765 g/mol. The molecule has 7 rings (SSSR count). The van der Waals surface area contributed by atoms with Crippen LogP contribution in [0.2, 0.25) is 5.02 Å². The maximum absolute atomic E-state index is 15.1. The van der Waals surface area contributed by atoms with Crippen LogP contribution in [0.25, 0.3) is 27.4 Å². The van der Waals surface area contributed by atoms with E-state index in [1.807, 2.05) is 42.0 Å². The van der Waals surface area contributed by atoms with Crippen molar-refractivity contribution in [1.29, 1.82) is 0 Å². The number of carboxylic acid groups (broad SMARTS) is 1. The summed E-state index contributed by atoms with van der Waals surface area (Å²) in [6, 6.07) is 11.9. The number of hydrazine groups is 1. The topological polar surface area (TPSA) is 103 Å². The van der Waals surface area contributed by atoms with E-state index in [2.05, 4.69) is 11.5 Å². The van der Waals surface area contributed by atoms with Gasteiger partial charge in [-0.3, -0.25) is 4.68 Å². The van der Waals surface area contributed by atoms with Gasteiger partial charge in [-0.05, 0) is 78.8 Å². The standard InChI is InChI=1S/C39H42ClF2N5O5S/c1-45-36-27-9-11-30(40)34(36)37-29(32(44-47(37)3)19-51-15-14-50-4)21-53-20-23-18-24(46(2)43-23)8-7-22-16-28-25(10-12-31(41)35(28)42)33(17-22)52-13-5-6-26(27)38(45)39(48)49/h9-12,16-18,32,44H,5-8,13-15,19-21H2,1-4H3,(H,48,49). The average molecular weight is 766 g/mol. The van der Waals surface area contributed by atoms with Gasteiger partial charge >= 0.3 is 5.97 Å². The SMILES string of the molecule is COCCOCC1NN(C)C2=C1CSCc1cc(n(C)n1)CCc1cc(c3ccc(F)c(F)c3c1)OCCCc1c(C(=O)O)n(C)c3c2c(Cl)ccc13. The van der Waals surface area contributed by atoms with Crippen molar-refractivity contribution < 1.29 is 32.9 Å². The van der Waals surface area contributed by atoms with Crippen LogP contribution in [0.3, 0.4) is 0 Å². The lowest BCUT2D eigenvalue weighted by Gasteiger charge is -2.20. The summed E-state index contributed by atoms with van der Waals surface area (Å²) in [5.41, 5.74) is 10.6. The summed E-state index contributed by atoms with van der Waals surface area (Å²) < 4.78 is 50.6. The first kappa shape index (κ1) is 37.2. The first-order valence-corrected chi connectivity index (χ1v) is 19.1. The zero-order valence-corrected chi connectivity index (χ0v) is 31.7. The van der Waals surface area contributed by atoms with E-state index in [1.165, 1.54) is 6.07 Å². The second-order valence-corrected chi connectivity index (χ2v) is 14.8. The number of methoxy groups -OCH3 is 1. The van der Waals surface area contributed by atoms with Gasteiger partial charge in [0, 0.05) is 67.2 Å². The third-order valence-electron chi connectivity index (χ3n) is 10.1. The molecule has 1 atom stereocenters. The summed E-state index contributed by atoms with van der Waals surface area (Å²) in [7, 11) is 7.25. The predicted octanol–water partition coefficient (Wildman–Crippen LogP) is 6.93. The average Bonchev–Trinajstić information content (AvgIpc) is 3.74. The molecule has 3 aromatic carbocycles. The molecule has 0 spiro atoms. The summed E-state index contributed by atoms with van der Waals surface area (Å²) in [4.78, 5) is 12.9. The third-order valence-corrected chi connectivity index (χ3v) is 11.4. The minimum absolute atomic E-state index is 0.159. The van der Waals surface area contributed by atoms with Gasteiger partial charge in [0.2, 0.25) is 0 Å². The summed E-state index contributed by atoms with van der Waals surface area (Å²) in [5.74, 6) is -1.16. The van der Waals surface area contributed by atoms with Crippen LogP contribution in [0.15, 0.2) is 48.0 Å². The fourth-order valence-corrected chi connectivity index (χ4v) is 8.84. The number of aromatic carboxylic acids is 1. The number of thioether (sulfide) groups is 1. The molecule has 0 amide bonds. The molecule has 8 bridgehead atoms. The number of ether oxygens (including phenoxy) is 3. The van der Waals surface area contributed by atoms with Gasteiger partial charge in [-0.15, -0.1) is 0 Å². The minimum Gasteiger partial charge on any atom is -0.493 e. The van der Waals surface area contributed by atoms with Gasteiger partial charge in [-0.1, -0.05) is 17.7 Å². The highest BCUT2D eigenvalue weighted by Gasteiger charge is 2.34. The molecule has 14 heteroatoms. The number of carboxylic acids is 1. The Morgan fingerprint density at radius 2 is 1.87 bits per heavy atom. The Morgan fingerprint density at radius 1 is 1.06 bits per heavy atom. The molecule has 280 valence electrons. The molecular weight excluding hydrogens is 724 g/mol. The number of halogens is 3. The van der Waals surface area contributed by atoms with Gasteiger partial charge in [-0.25, -0.2) is 19.0 Å². The number of nitrogens with one attached hydrogen (secondary N) is 1. The number of nitrogens with zero attached hydrogens (tertiary/aromatic N) is 4. The molecule has 0 saturated carbocycles. The molecule has 0 fully saturated rings. The molecule has 5 aromatic rings. The molecule has 10 nitrogen and oxygen atoms in total. The lowest BCUT2D eigenvalue weighted by atomic mass is 9.99. The van der Waals surface area contributed by atoms with Crippen molar-refractivity contribution in [3.63, 3.8) is 0 Å². The van der Waals surface area contributed by atoms with Crippen LogP contribution in [0, 0.1) is 11.6 Å². The molecule has 2 aromatic heterocycles. The van der Waals surface area contributed by atoms with Crippen LogP contribution in [0.5, 0.6) is 5.75 Å². The molecule has 2 aliphatic rings. The van der Waals surface area contributed by atoms with E-state index in [1.54, 1.807) is 36.6 Å². The van der Waals surface area contributed by atoms with Gasteiger partial charge in [0.15, 0.2) is 11.6 Å². The number of rotatable bonds is 6. The number of carbonyl (C=O) groups is 1. The third kappa shape index (κ3) is 7.25. The smallest absolute Gasteiger partial charge is 0.352 e. The van der Waals surface area contributed by atoms with Crippen molar-refractivity contribution in [2.24, 2.45) is 14.1 Å². The number of benzene rings is 3. The lowest BCUT2D eigenvalue weighted by Crippen LogP contribution is -2.38. The van der Waals surface area contributed by atoms with Crippen LogP contribution in [0.1, 0.15) is 45.0 Å². The van der Waals surface area contributed by atoms with Gasteiger partial charge in [0.25, 0.3) is 0 Å². The Hall–Kier alpha value is -4.14. The van der Waals surface area contributed by atoms with E-state index < -0.39 is 17.6 Å². The van der Waals surface area contributed by atoms with Crippen LogP contribution in [0.4, 0.5) is 8.78 Å². The fraction of sp³-hybridized carbons (Fsp3) is 0.385. The minimum atomic E-state index is -1.05. The molecule has 1 unspecified atom stereocenters. The highest BCUT2D eigenvalue weighted by molar-refractivity contribution is 7.98. The zero-order chi connectivity index (χ0) is 37.4. The van der Waals surface area contributed by atoms with Crippen molar-refractivity contribution in [3.05, 3.63) is 98.5 Å². The lowest BCUT2D eigenvalue weighted by molar-refractivity contribution is 0.0592. The fourth-order valence-electron chi connectivity index (χ4n) is 7.59. The largest absolute Gasteiger partial charge is 0.493 e. The van der Waals surface area contributed by atoms with Gasteiger partial charge in [0.1, 0.15) is 11.4 Å². The van der Waals surface area contributed by atoms with Crippen molar-refractivity contribution in [2.75, 3.05) is 46.3 Å². The Balaban J connectivity index is 1.34. The van der Waals surface area contributed by atoms with E-state index in [9.17, 15) is 14.3 Å². The zero-order valence-electron chi connectivity index (χ0n) is 30.1. The van der Waals surface area contributed by atoms with E-state index in [4.69, 9.17) is 30.9 Å². The quantitative estimate of drug-likeness (QED) is 0.178. The number of hydrogen-bond acceptors (Lipinski definition) is 8. The summed E-state index contributed by atoms with van der Waals surface area (Å²) in [6.45, 7) is 1.55. The Morgan fingerprint density at radius 3 is 2.66 bits per heavy atom. The van der Waals surface area contributed by atoms with Crippen LogP contribution >= 0.6 is 23.4 Å². The second kappa shape index (κ2) is 15.7. The maximum Gasteiger partial charge on any atom is 0.352 e. The van der Waals surface area contributed by atoms with Crippen molar-refractivity contribution >= 4 is 56.7 Å². The number of aromatic nitrogens is 3. The van der Waals surface area contributed by atoms with Crippen LogP contribution in [-0.2, 0) is 48.6 Å². The molecule has 53 heavy (non-hydrogen) atoms. The summed E-state index contributed by atoms with van der Waals surface area (Å²) in [5, 5.41) is 19.2. The molecular formula is C39H42ClF2N5O5S. The van der Waals surface area contributed by atoms with Gasteiger partial charge < -0.3 is 28.9 Å². The summed E-state index contributed by atoms with van der Waals surface area (Å²) >= 11 is 8.79. The predicted molar refractivity (Wildman–Crippen MR) is 204 cm³/mol. The molecule has 2 N–H and O–H groups in total. The molecule has 4 heterocycles. The van der Waals surface area contributed by atoms with E-state index in [0.29, 0.717) is 78.7 Å². The highest BCUT2D eigenvalue weighted by Crippen LogP contribution is 2.42. The van der Waals surface area contributed by atoms with Crippen LogP contribution in [-0.4, -0.2) is 82.8 Å². The van der Waals surface area contributed by atoms with Gasteiger partial charge in [-0.2, -0.15) is 16.9 Å². The van der Waals surface area contributed by atoms with E-state index in [0.717, 1.165) is 50.8 Å². The number of hydrogen-bond donors (Lipinski definition) is 2. The molecule has 0 radical (unpaired) electrons. The Kier molecular flexibility index (Phi) is 11.0. The molecule has 2 aliphatic heterocycles. The molecule has 0 saturated heterocycles. The van der Waals surface area contributed by atoms with E-state index in [-0.39, 0.29) is 23.7 Å². The van der Waals surface area contributed by atoms with Gasteiger partial charge in [0.05, 0.1) is 54.4 Å². The van der Waals surface area contributed by atoms with Crippen molar-refractivity contribution in [1.82, 2.24) is 24.8 Å². The highest BCUT2D eigenvalue weighted by atomic mass is 35.5. The molecule has 0 aliphatic carbocycles.